The van der Waals surface area contributed by atoms with E-state index in [1.54, 1.807) is 16.8 Å². The van der Waals surface area contributed by atoms with Gasteiger partial charge in [-0.2, -0.15) is 5.10 Å². The van der Waals surface area contributed by atoms with E-state index in [0.717, 1.165) is 25.5 Å². The second-order valence-corrected chi connectivity index (χ2v) is 7.87. The zero-order valence-electron chi connectivity index (χ0n) is 16.5. The van der Waals surface area contributed by atoms with Crippen LogP contribution in [0.1, 0.15) is 35.8 Å². The van der Waals surface area contributed by atoms with Crippen LogP contribution in [0.25, 0.3) is 33.5 Å². The molecular formula is C23H18ClFN4O2. The fourth-order valence-corrected chi connectivity index (χ4v) is 3.95. The number of carbonyl (C=O) groups is 1. The summed E-state index contributed by atoms with van der Waals surface area (Å²) in [6, 6.07) is 9.69. The van der Waals surface area contributed by atoms with Crippen LogP contribution in [0.3, 0.4) is 0 Å². The van der Waals surface area contributed by atoms with Crippen LogP contribution in [0.15, 0.2) is 48.8 Å². The van der Waals surface area contributed by atoms with Gasteiger partial charge in [0.05, 0.1) is 16.7 Å². The maximum Gasteiger partial charge on any atom is 0.151 e. The van der Waals surface area contributed by atoms with E-state index in [-0.39, 0.29) is 6.23 Å². The average molecular weight is 437 g/mol. The Morgan fingerprint density at radius 2 is 2.03 bits per heavy atom. The van der Waals surface area contributed by atoms with Crippen LogP contribution in [0.4, 0.5) is 4.39 Å². The molecule has 1 aromatic carbocycles. The number of carbonyl (C=O) groups excluding carboxylic acids is 1. The summed E-state index contributed by atoms with van der Waals surface area (Å²) in [7, 11) is 0. The van der Waals surface area contributed by atoms with Gasteiger partial charge in [-0.05, 0) is 55.7 Å². The molecule has 31 heavy (non-hydrogen) atoms. The van der Waals surface area contributed by atoms with Gasteiger partial charge in [-0.1, -0.05) is 11.6 Å². The molecule has 3 aromatic heterocycles. The van der Waals surface area contributed by atoms with Crippen LogP contribution < -0.4 is 0 Å². The number of nitrogens with zero attached hydrogens (tertiary/aromatic N) is 4. The maximum atomic E-state index is 14.7. The van der Waals surface area contributed by atoms with Gasteiger partial charge in [0.25, 0.3) is 0 Å². The predicted octanol–water partition coefficient (Wildman–Crippen LogP) is 5.46. The number of aromatic nitrogens is 4. The van der Waals surface area contributed by atoms with Crippen molar-refractivity contribution in [1.29, 1.82) is 0 Å². The van der Waals surface area contributed by atoms with Gasteiger partial charge < -0.3 is 4.74 Å². The molecule has 1 fully saturated rings. The highest BCUT2D eigenvalue weighted by atomic mass is 35.5. The van der Waals surface area contributed by atoms with Gasteiger partial charge in [-0.15, -0.1) is 0 Å². The van der Waals surface area contributed by atoms with E-state index in [9.17, 15) is 9.18 Å². The van der Waals surface area contributed by atoms with Crippen molar-refractivity contribution < 1.29 is 13.9 Å². The number of aldehydes is 1. The molecule has 1 saturated heterocycles. The van der Waals surface area contributed by atoms with E-state index in [0.29, 0.717) is 50.7 Å². The molecule has 0 amide bonds. The molecule has 1 atom stereocenters. The molecule has 1 unspecified atom stereocenters. The number of halogens is 2. The fraction of sp³-hybridized carbons (Fsp3) is 0.217. The molecule has 0 spiro atoms. The van der Waals surface area contributed by atoms with E-state index in [1.165, 1.54) is 18.3 Å². The van der Waals surface area contributed by atoms with E-state index < -0.39 is 5.82 Å². The summed E-state index contributed by atoms with van der Waals surface area (Å²) in [5.41, 5.74) is 3.63. The molecule has 156 valence electrons. The SMILES string of the molecule is O=Cc1cnc2ccc(-c3cn(C4CCCCO4)nc3-c3cc(Cl)ccc3F)nc2c1. The number of hydrogen-bond donors (Lipinski definition) is 0. The van der Waals surface area contributed by atoms with Crippen molar-refractivity contribution in [3.63, 3.8) is 0 Å². The molecule has 0 saturated carbocycles. The van der Waals surface area contributed by atoms with Crippen LogP contribution in [0.5, 0.6) is 0 Å². The molecule has 0 bridgehead atoms. The molecule has 4 aromatic rings. The number of hydrogen-bond acceptors (Lipinski definition) is 5. The highest BCUT2D eigenvalue weighted by molar-refractivity contribution is 6.30. The van der Waals surface area contributed by atoms with Crippen molar-refractivity contribution in [2.45, 2.75) is 25.5 Å². The number of fused-ring (bicyclic) bond motifs is 1. The Morgan fingerprint density at radius 3 is 2.84 bits per heavy atom. The van der Waals surface area contributed by atoms with Crippen molar-refractivity contribution in [3.8, 4) is 22.5 Å². The quantitative estimate of drug-likeness (QED) is 0.397. The Balaban J connectivity index is 1.69. The summed E-state index contributed by atoms with van der Waals surface area (Å²) in [6.45, 7) is 0.662. The van der Waals surface area contributed by atoms with Crippen molar-refractivity contribution in [2.24, 2.45) is 0 Å². The van der Waals surface area contributed by atoms with E-state index in [1.807, 2.05) is 18.3 Å². The van der Waals surface area contributed by atoms with Crippen LogP contribution >= 0.6 is 11.6 Å². The van der Waals surface area contributed by atoms with E-state index in [2.05, 4.69) is 15.1 Å². The highest BCUT2D eigenvalue weighted by Gasteiger charge is 2.23. The van der Waals surface area contributed by atoms with Crippen LogP contribution in [-0.4, -0.2) is 32.6 Å². The van der Waals surface area contributed by atoms with E-state index in [4.69, 9.17) is 16.3 Å². The largest absolute Gasteiger partial charge is 0.357 e. The standard InChI is InChI=1S/C23H18ClFN4O2/c24-15-4-5-18(25)16(10-15)23-17(12-29(28-23)22-3-1-2-8-31-22)19-6-7-20-21(27-19)9-14(13-30)11-26-20/h4-7,9-13,22H,1-3,8H2. The van der Waals surface area contributed by atoms with Crippen LogP contribution in [0.2, 0.25) is 5.02 Å². The third-order valence-electron chi connectivity index (χ3n) is 5.34. The third-order valence-corrected chi connectivity index (χ3v) is 5.57. The van der Waals surface area contributed by atoms with Crippen LogP contribution in [-0.2, 0) is 4.74 Å². The Hall–Kier alpha value is -3.16. The fourth-order valence-electron chi connectivity index (χ4n) is 3.77. The molecular weight excluding hydrogens is 419 g/mol. The molecule has 0 aliphatic carbocycles. The topological polar surface area (TPSA) is 69.9 Å². The molecule has 0 radical (unpaired) electrons. The zero-order chi connectivity index (χ0) is 21.4. The second-order valence-electron chi connectivity index (χ2n) is 7.44. The summed E-state index contributed by atoms with van der Waals surface area (Å²) in [6.07, 6.45) is 6.72. The van der Waals surface area contributed by atoms with Gasteiger partial charge in [0.2, 0.25) is 0 Å². The normalized spacial score (nSPS) is 16.5. The lowest BCUT2D eigenvalue weighted by atomic mass is 10.0. The van der Waals surface area contributed by atoms with Crippen molar-refractivity contribution >= 4 is 28.9 Å². The maximum absolute atomic E-state index is 14.7. The second kappa shape index (κ2) is 8.17. The molecule has 6 nitrogen and oxygen atoms in total. The van der Waals surface area contributed by atoms with Gasteiger partial charge in [-0.3, -0.25) is 9.78 Å². The highest BCUT2D eigenvalue weighted by Crippen LogP contribution is 2.35. The van der Waals surface area contributed by atoms with Crippen LogP contribution in [0, 0.1) is 5.82 Å². The molecule has 5 rings (SSSR count). The lowest BCUT2D eigenvalue weighted by Crippen LogP contribution is -2.18. The lowest BCUT2D eigenvalue weighted by molar-refractivity contribution is -0.0393. The smallest absolute Gasteiger partial charge is 0.151 e. The molecule has 0 N–H and O–H groups in total. The number of benzene rings is 1. The van der Waals surface area contributed by atoms with Crippen molar-refractivity contribution in [2.75, 3.05) is 6.61 Å². The molecule has 1 aliphatic rings. The Bertz CT molecular complexity index is 1280. The first kappa shape index (κ1) is 19.8. The minimum atomic E-state index is -0.425. The van der Waals surface area contributed by atoms with Gasteiger partial charge in [0.1, 0.15) is 17.7 Å². The predicted molar refractivity (Wildman–Crippen MR) is 115 cm³/mol. The van der Waals surface area contributed by atoms with Crippen molar-refractivity contribution in [3.05, 3.63) is 65.2 Å². The lowest BCUT2D eigenvalue weighted by Gasteiger charge is -2.22. The van der Waals surface area contributed by atoms with Gasteiger partial charge in [0, 0.05) is 40.7 Å². The first-order valence-electron chi connectivity index (χ1n) is 10.0. The summed E-state index contributed by atoms with van der Waals surface area (Å²) in [5.74, 6) is -0.425. The van der Waals surface area contributed by atoms with Gasteiger partial charge in [-0.25, -0.2) is 14.1 Å². The van der Waals surface area contributed by atoms with Crippen molar-refractivity contribution in [1.82, 2.24) is 19.7 Å². The molecule has 4 heterocycles. The summed E-state index contributed by atoms with van der Waals surface area (Å²) >= 11 is 6.15. The summed E-state index contributed by atoms with van der Waals surface area (Å²) in [4.78, 5) is 20.1. The third kappa shape index (κ3) is 3.82. The minimum absolute atomic E-state index is 0.215. The van der Waals surface area contributed by atoms with Gasteiger partial charge in [0.15, 0.2) is 6.29 Å². The average Bonchev–Trinajstić information content (AvgIpc) is 3.26. The molecule has 1 aliphatic heterocycles. The first-order valence-corrected chi connectivity index (χ1v) is 10.4. The monoisotopic (exact) mass is 436 g/mol. The van der Waals surface area contributed by atoms with E-state index >= 15 is 0 Å². The first-order chi connectivity index (χ1) is 15.1. The number of ether oxygens (including phenoxy) is 1. The molecule has 8 heteroatoms. The summed E-state index contributed by atoms with van der Waals surface area (Å²) in [5, 5.41) is 5.09. The summed E-state index contributed by atoms with van der Waals surface area (Å²) < 4.78 is 22.3. The van der Waals surface area contributed by atoms with Gasteiger partial charge >= 0.3 is 0 Å². The number of rotatable bonds is 4. The minimum Gasteiger partial charge on any atom is -0.357 e. The zero-order valence-corrected chi connectivity index (χ0v) is 17.2. The Labute approximate surface area is 182 Å². The Morgan fingerprint density at radius 1 is 1.13 bits per heavy atom. The number of pyridine rings is 2. The Kier molecular flexibility index (Phi) is 5.21.